The van der Waals surface area contributed by atoms with E-state index in [1.807, 2.05) is 0 Å². The molecule has 2 heteroatoms. The van der Waals surface area contributed by atoms with Gasteiger partial charge in [0.2, 0.25) is 0 Å². The SMILES string of the molecule is CC(C)CC(C)OCc1ccc(CCNC(C)(C)C)cc1. The Hall–Kier alpha value is -0.860. The topological polar surface area (TPSA) is 21.3 Å². The summed E-state index contributed by atoms with van der Waals surface area (Å²) in [6, 6.07) is 8.81. The van der Waals surface area contributed by atoms with Gasteiger partial charge in [0.15, 0.2) is 0 Å². The minimum absolute atomic E-state index is 0.195. The molecule has 1 N–H and O–H groups in total. The van der Waals surface area contributed by atoms with Crippen LogP contribution in [0.5, 0.6) is 0 Å². The predicted molar refractivity (Wildman–Crippen MR) is 91.6 cm³/mol. The van der Waals surface area contributed by atoms with Crippen LogP contribution in [0.15, 0.2) is 24.3 Å². The molecular weight excluding hydrogens is 258 g/mol. The summed E-state index contributed by atoms with van der Waals surface area (Å²) in [5.41, 5.74) is 2.84. The van der Waals surface area contributed by atoms with Crippen molar-refractivity contribution < 1.29 is 4.74 Å². The molecule has 2 nitrogen and oxygen atoms in total. The molecule has 1 aromatic carbocycles. The fourth-order valence-corrected chi connectivity index (χ4v) is 2.35. The second kappa shape index (κ2) is 8.55. The molecule has 1 rings (SSSR count). The molecule has 0 bridgehead atoms. The Morgan fingerprint density at radius 1 is 1.00 bits per heavy atom. The molecule has 1 aromatic rings. The number of nitrogens with one attached hydrogen (secondary N) is 1. The smallest absolute Gasteiger partial charge is 0.0720 e. The van der Waals surface area contributed by atoms with Gasteiger partial charge in [-0.15, -0.1) is 0 Å². The van der Waals surface area contributed by atoms with Gasteiger partial charge in [-0.1, -0.05) is 38.1 Å². The molecule has 0 fully saturated rings. The van der Waals surface area contributed by atoms with Crippen LogP contribution in [0, 0.1) is 5.92 Å². The summed E-state index contributed by atoms with van der Waals surface area (Å²) in [6.07, 6.45) is 2.53. The summed E-state index contributed by atoms with van der Waals surface area (Å²) in [4.78, 5) is 0. The van der Waals surface area contributed by atoms with E-state index in [0.29, 0.717) is 18.6 Å². The van der Waals surface area contributed by atoms with E-state index in [1.54, 1.807) is 0 Å². The van der Waals surface area contributed by atoms with Crippen LogP contribution in [0.25, 0.3) is 0 Å². The van der Waals surface area contributed by atoms with E-state index < -0.39 is 0 Å². The maximum atomic E-state index is 5.89. The van der Waals surface area contributed by atoms with Crippen LogP contribution in [0.2, 0.25) is 0 Å². The third-order valence-electron chi connectivity index (χ3n) is 3.43. The number of ether oxygens (including phenoxy) is 1. The first-order valence-electron chi connectivity index (χ1n) is 8.20. The number of hydrogen-bond acceptors (Lipinski definition) is 2. The molecule has 0 heterocycles. The molecule has 120 valence electrons. The lowest BCUT2D eigenvalue weighted by Gasteiger charge is -2.20. The van der Waals surface area contributed by atoms with E-state index in [-0.39, 0.29) is 5.54 Å². The number of hydrogen-bond donors (Lipinski definition) is 1. The molecule has 0 aliphatic carbocycles. The van der Waals surface area contributed by atoms with Crippen molar-refractivity contribution in [3.05, 3.63) is 35.4 Å². The van der Waals surface area contributed by atoms with E-state index >= 15 is 0 Å². The molecule has 0 amide bonds. The highest BCUT2D eigenvalue weighted by molar-refractivity contribution is 5.22. The average Bonchev–Trinajstić information content (AvgIpc) is 2.35. The maximum Gasteiger partial charge on any atom is 0.0720 e. The highest BCUT2D eigenvalue weighted by Crippen LogP contribution is 2.12. The van der Waals surface area contributed by atoms with E-state index in [9.17, 15) is 0 Å². The van der Waals surface area contributed by atoms with Gasteiger partial charge < -0.3 is 10.1 Å². The zero-order chi connectivity index (χ0) is 15.9. The van der Waals surface area contributed by atoms with Crippen molar-refractivity contribution in [2.45, 2.75) is 72.6 Å². The van der Waals surface area contributed by atoms with Gasteiger partial charge >= 0.3 is 0 Å². The van der Waals surface area contributed by atoms with Crippen molar-refractivity contribution in [1.29, 1.82) is 0 Å². The second-order valence-corrected chi connectivity index (χ2v) is 7.49. The van der Waals surface area contributed by atoms with Crippen LogP contribution < -0.4 is 5.32 Å². The summed E-state index contributed by atoms with van der Waals surface area (Å²) in [6.45, 7) is 15.0. The van der Waals surface area contributed by atoms with Crippen molar-refractivity contribution in [3.63, 3.8) is 0 Å². The zero-order valence-electron chi connectivity index (χ0n) is 14.7. The maximum absolute atomic E-state index is 5.89. The van der Waals surface area contributed by atoms with Crippen molar-refractivity contribution in [1.82, 2.24) is 5.32 Å². The normalized spacial score (nSPS) is 13.7. The molecule has 0 aromatic heterocycles. The van der Waals surface area contributed by atoms with E-state index in [4.69, 9.17) is 4.74 Å². The predicted octanol–water partition coefficient (Wildman–Crippen LogP) is 4.57. The van der Waals surface area contributed by atoms with Crippen LogP contribution in [-0.4, -0.2) is 18.2 Å². The molecule has 0 radical (unpaired) electrons. The standard InChI is InChI=1S/C19H33NO/c1-15(2)13-16(3)21-14-18-9-7-17(8-10-18)11-12-20-19(4,5)6/h7-10,15-16,20H,11-14H2,1-6H3. The second-order valence-electron chi connectivity index (χ2n) is 7.49. The summed E-state index contributed by atoms with van der Waals surface area (Å²) in [7, 11) is 0. The van der Waals surface area contributed by atoms with Gasteiger partial charge in [-0.25, -0.2) is 0 Å². The average molecular weight is 291 g/mol. The lowest BCUT2D eigenvalue weighted by molar-refractivity contribution is 0.0397. The van der Waals surface area contributed by atoms with Crippen molar-refractivity contribution in [2.75, 3.05) is 6.54 Å². The molecule has 0 saturated carbocycles. The summed E-state index contributed by atoms with van der Waals surface area (Å²) in [5.74, 6) is 0.692. The van der Waals surface area contributed by atoms with E-state index in [1.165, 1.54) is 11.1 Å². The van der Waals surface area contributed by atoms with Gasteiger partial charge in [0.25, 0.3) is 0 Å². The van der Waals surface area contributed by atoms with Crippen molar-refractivity contribution >= 4 is 0 Å². The lowest BCUT2D eigenvalue weighted by Crippen LogP contribution is -2.37. The van der Waals surface area contributed by atoms with Gasteiger partial charge in [-0.2, -0.15) is 0 Å². The Labute approximate surface area is 131 Å². The Morgan fingerprint density at radius 2 is 1.57 bits per heavy atom. The number of rotatable bonds is 8. The first-order chi connectivity index (χ1) is 9.76. The Balaban J connectivity index is 2.33. The first kappa shape index (κ1) is 18.2. The molecule has 21 heavy (non-hydrogen) atoms. The van der Waals surface area contributed by atoms with Crippen molar-refractivity contribution in [2.24, 2.45) is 5.92 Å². The third-order valence-corrected chi connectivity index (χ3v) is 3.43. The lowest BCUT2D eigenvalue weighted by atomic mass is 10.1. The Morgan fingerprint density at radius 3 is 2.10 bits per heavy atom. The zero-order valence-corrected chi connectivity index (χ0v) is 14.7. The van der Waals surface area contributed by atoms with Crippen molar-refractivity contribution in [3.8, 4) is 0 Å². The van der Waals surface area contributed by atoms with Gasteiger partial charge in [0.1, 0.15) is 0 Å². The largest absolute Gasteiger partial charge is 0.374 e. The summed E-state index contributed by atoms with van der Waals surface area (Å²) in [5, 5.41) is 3.52. The highest BCUT2D eigenvalue weighted by Gasteiger charge is 2.08. The van der Waals surface area contributed by atoms with Gasteiger partial charge in [0.05, 0.1) is 12.7 Å². The molecule has 1 unspecified atom stereocenters. The summed E-state index contributed by atoms with van der Waals surface area (Å²) >= 11 is 0. The van der Waals surface area contributed by atoms with Crippen LogP contribution in [0.1, 0.15) is 59.1 Å². The molecule has 0 spiro atoms. The summed E-state index contributed by atoms with van der Waals surface area (Å²) < 4.78 is 5.89. The van der Waals surface area contributed by atoms with Crippen LogP contribution >= 0.6 is 0 Å². The van der Waals surface area contributed by atoms with Crippen LogP contribution in [-0.2, 0) is 17.8 Å². The molecule has 1 atom stereocenters. The Kier molecular flexibility index (Phi) is 7.41. The third kappa shape index (κ3) is 8.90. The minimum atomic E-state index is 0.195. The first-order valence-corrected chi connectivity index (χ1v) is 8.20. The quantitative estimate of drug-likeness (QED) is 0.757. The highest BCUT2D eigenvalue weighted by atomic mass is 16.5. The fraction of sp³-hybridized carbons (Fsp3) is 0.684. The molecular formula is C19H33NO. The van der Waals surface area contributed by atoms with E-state index in [2.05, 4.69) is 71.1 Å². The minimum Gasteiger partial charge on any atom is -0.374 e. The molecule has 0 aliphatic rings. The Bertz CT molecular complexity index is 389. The van der Waals surface area contributed by atoms with Crippen LogP contribution in [0.4, 0.5) is 0 Å². The van der Waals surface area contributed by atoms with E-state index in [0.717, 1.165) is 19.4 Å². The fourth-order valence-electron chi connectivity index (χ4n) is 2.35. The van der Waals surface area contributed by atoms with Gasteiger partial charge in [-0.05, 0) is 64.1 Å². The monoisotopic (exact) mass is 291 g/mol. The molecule has 0 saturated heterocycles. The van der Waals surface area contributed by atoms with Crippen LogP contribution in [0.3, 0.4) is 0 Å². The molecule has 0 aliphatic heterocycles. The van der Waals surface area contributed by atoms with Gasteiger partial charge in [0, 0.05) is 5.54 Å². The number of benzene rings is 1. The van der Waals surface area contributed by atoms with Gasteiger partial charge in [-0.3, -0.25) is 0 Å².